The Bertz CT molecular complexity index is 442. The van der Waals surface area contributed by atoms with Crippen LogP contribution >= 0.6 is 0 Å². The van der Waals surface area contributed by atoms with Gasteiger partial charge in [0.2, 0.25) is 0 Å². The summed E-state index contributed by atoms with van der Waals surface area (Å²) in [7, 11) is 0. The molecule has 1 atom stereocenters. The number of benzene rings is 1. The van der Waals surface area contributed by atoms with Crippen molar-refractivity contribution in [1.82, 2.24) is 0 Å². The van der Waals surface area contributed by atoms with Gasteiger partial charge in [-0.2, -0.15) is 0 Å². The number of nitrogens with one attached hydrogen (secondary N) is 1. The fourth-order valence-corrected chi connectivity index (χ4v) is 1.59. The molecule has 1 aromatic carbocycles. The van der Waals surface area contributed by atoms with Crippen LogP contribution in [0.5, 0.6) is 0 Å². The van der Waals surface area contributed by atoms with Crippen LogP contribution in [0.4, 0.5) is 11.4 Å². The number of aryl methyl sites for hydroxylation is 1. The van der Waals surface area contributed by atoms with Gasteiger partial charge < -0.3 is 16.2 Å². The van der Waals surface area contributed by atoms with Crippen molar-refractivity contribution in [2.24, 2.45) is 11.8 Å². The SMILES string of the molecule is Cc1cc(NCC(C)C(C)C)cc(C(=O)O)c1N. The Morgan fingerprint density at radius 2 is 2.00 bits per heavy atom. The van der Waals surface area contributed by atoms with Crippen molar-refractivity contribution in [3.63, 3.8) is 0 Å². The minimum absolute atomic E-state index is 0.162. The molecule has 0 amide bonds. The molecule has 4 N–H and O–H groups in total. The molecule has 0 aromatic heterocycles. The second-order valence-corrected chi connectivity index (χ2v) is 5.16. The molecule has 1 unspecified atom stereocenters. The molecule has 4 heteroatoms. The molecule has 0 fully saturated rings. The zero-order chi connectivity index (χ0) is 13.9. The number of nitrogen functional groups attached to an aromatic ring is 1. The first-order chi connectivity index (χ1) is 8.32. The van der Waals surface area contributed by atoms with Gasteiger partial charge in [0.1, 0.15) is 0 Å². The van der Waals surface area contributed by atoms with Crippen molar-refractivity contribution in [1.29, 1.82) is 0 Å². The second-order valence-electron chi connectivity index (χ2n) is 5.16. The summed E-state index contributed by atoms with van der Waals surface area (Å²) in [6.45, 7) is 9.14. The van der Waals surface area contributed by atoms with Crippen LogP contribution in [0.1, 0.15) is 36.7 Å². The zero-order valence-electron chi connectivity index (χ0n) is 11.4. The number of rotatable bonds is 5. The molecule has 0 saturated heterocycles. The fourth-order valence-electron chi connectivity index (χ4n) is 1.59. The second kappa shape index (κ2) is 5.76. The summed E-state index contributed by atoms with van der Waals surface area (Å²) in [6.07, 6.45) is 0. The quantitative estimate of drug-likeness (QED) is 0.702. The van der Waals surface area contributed by atoms with Gasteiger partial charge in [-0.15, -0.1) is 0 Å². The van der Waals surface area contributed by atoms with E-state index in [0.717, 1.165) is 17.8 Å². The Labute approximate surface area is 108 Å². The lowest BCUT2D eigenvalue weighted by Gasteiger charge is -2.18. The van der Waals surface area contributed by atoms with Crippen molar-refractivity contribution >= 4 is 17.3 Å². The van der Waals surface area contributed by atoms with E-state index >= 15 is 0 Å². The molecule has 0 aliphatic heterocycles. The topological polar surface area (TPSA) is 75.3 Å². The summed E-state index contributed by atoms with van der Waals surface area (Å²) in [4.78, 5) is 11.1. The van der Waals surface area contributed by atoms with E-state index < -0.39 is 5.97 Å². The van der Waals surface area contributed by atoms with Crippen LogP contribution in [0.3, 0.4) is 0 Å². The van der Waals surface area contributed by atoms with Gasteiger partial charge in [-0.1, -0.05) is 20.8 Å². The molecule has 0 spiro atoms. The first-order valence-corrected chi connectivity index (χ1v) is 6.20. The average Bonchev–Trinajstić information content (AvgIpc) is 2.29. The normalized spacial score (nSPS) is 12.5. The van der Waals surface area contributed by atoms with E-state index in [2.05, 4.69) is 26.1 Å². The lowest BCUT2D eigenvalue weighted by molar-refractivity contribution is 0.0698. The monoisotopic (exact) mass is 250 g/mol. The van der Waals surface area contributed by atoms with Gasteiger partial charge in [0.15, 0.2) is 0 Å². The molecule has 0 aliphatic rings. The van der Waals surface area contributed by atoms with Crippen LogP contribution in [0.15, 0.2) is 12.1 Å². The number of anilines is 2. The molecule has 4 nitrogen and oxygen atoms in total. The molecule has 0 saturated carbocycles. The van der Waals surface area contributed by atoms with Crippen LogP contribution in [0.2, 0.25) is 0 Å². The number of carboxylic acid groups (broad SMARTS) is 1. The van der Waals surface area contributed by atoms with Gasteiger partial charge in [-0.25, -0.2) is 4.79 Å². The van der Waals surface area contributed by atoms with E-state index in [1.54, 1.807) is 6.07 Å². The van der Waals surface area contributed by atoms with E-state index in [9.17, 15) is 4.79 Å². The Morgan fingerprint density at radius 3 is 2.50 bits per heavy atom. The highest BCUT2D eigenvalue weighted by Crippen LogP contribution is 2.23. The molecule has 0 aliphatic carbocycles. The minimum atomic E-state index is -0.990. The molecule has 0 heterocycles. The Hall–Kier alpha value is -1.71. The minimum Gasteiger partial charge on any atom is -0.478 e. The summed E-state index contributed by atoms with van der Waals surface area (Å²) in [5.74, 6) is 0.124. The van der Waals surface area contributed by atoms with E-state index in [0.29, 0.717) is 17.5 Å². The summed E-state index contributed by atoms with van der Waals surface area (Å²) in [6, 6.07) is 3.48. The van der Waals surface area contributed by atoms with Crippen molar-refractivity contribution < 1.29 is 9.90 Å². The van der Waals surface area contributed by atoms with Crippen molar-refractivity contribution in [3.8, 4) is 0 Å². The van der Waals surface area contributed by atoms with Crippen molar-refractivity contribution in [2.45, 2.75) is 27.7 Å². The van der Waals surface area contributed by atoms with Crippen LogP contribution in [-0.4, -0.2) is 17.6 Å². The van der Waals surface area contributed by atoms with Gasteiger partial charge in [-0.05, 0) is 36.5 Å². The van der Waals surface area contributed by atoms with E-state index in [1.165, 1.54) is 0 Å². The lowest BCUT2D eigenvalue weighted by atomic mass is 9.98. The zero-order valence-corrected chi connectivity index (χ0v) is 11.4. The number of hydrogen-bond donors (Lipinski definition) is 3. The lowest BCUT2D eigenvalue weighted by Crippen LogP contribution is -2.17. The smallest absolute Gasteiger partial charge is 0.337 e. The van der Waals surface area contributed by atoms with Crippen molar-refractivity contribution in [3.05, 3.63) is 23.3 Å². The summed E-state index contributed by atoms with van der Waals surface area (Å²) >= 11 is 0. The van der Waals surface area contributed by atoms with Gasteiger partial charge in [-0.3, -0.25) is 0 Å². The molecular formula is C14H22N2O2. The van der Waals surface area contributed by atoms with Crippen LogP contribution in [0, 0.1) is 18.8 Å². The molecule has 0 radical (unpaired) electrons. The Balaban J connectivity index is 2.88. The van der Waals surface area contributed by atoms with Gasteiger partial charge in [0, 0.05) is 17.9 Å². The maximum absolute atomic E-state index is 11.1. The highest BCUT2D eigenvalue weighted by molar-refractivity contribution is 5.95. The van der Waals surface area contributed by atoms with Gasteiger partial charge >= 0.3 is 5.97 Å². The predicted molar refractivity (Wildman–Crippen MR) is 75.0 cm³/mol. The number of nitrogens with two attached hydrogens (primary N) is 1. The van der Waals surface area contributed by atoms with Crippen LogP contribution in [-0.2, 0) is 0 Å². The summed E-state index contributed by atoms with van der Waals surface area (Å²) in [5, 5.41) is 12.3. The average molecular weight is 250 g/mol. The predicted octanol–water partition coefficient (Wildman–Crippen LogP) is 2.98. The third kappa shape index (κ3) is 3.39. The highest BCUT2D eigenvalue weighted by Gasteiger charge is 2.12. The Morgan fingerprint density at radius 1 is 1.39 bits per heavy atom. The largest absolute Gasteiger partial charge is 0.478 e. The van der Waals surface area contributed by atoms with Crippen LogP contribution in [0.25, 0.3) is 0 Å². The van der Waals surface area contributed by atoms with E-state index in [-0.39, 0.29) is 5.56 Å². The van der Waals surface area contributed by atoms with Crippen LogP contribution < -0.4 is 11.1 Å². The standard InChI is InChI=1S/C14H22N2O2/c1-8(2)10(4)7-16-11-5-9(3)13(15)12(6-11)14(17)18/h5-6,8,10,16H,7,15H2,1-4H3,(H,17,18). The highest BCUT2D eigenvalue weighted by atomic mass is 16.4. The van der Waals surface area contributed by atoms with Gasteiger partial charge in [0.05, 0.1) is 5.56 Å². The van der Waals surface area contributed by atoms with E-state index in [1.807, 2.05) is 13.0 Å². The van der Waals surface area contributed by atoms with E-state index in [4.69, 9.17) is 10.8 Å². The third-order valence-electron chi connectivity index (χ3n) is 3.38. The number of carboxylic acids is 1. The first kappa shape index (κ1) is 14.4. The van der Waals surface area contributed by atoms with Crippen molar-refractivity contribution in [2.75, 3.05) is 17.6 Å². The molecule has 18 heavy (non-hydrogen) atoms. The number of carbonyl (C=O) groups is 1. The molecule has 1 aromatic rings. The summed E-state index contributed by atoms with van der Waals surface area (Å²) in [5.41, 5.74) is 7.85. The number of hydrogen-bond acceptors (Lipinski definition) is 3. The maximum atomic E-state index is 11.1. The molecule has 0 bridgehead atoms. The van der Waals surface area contributed by atoms with Gasteiger partial charge in [0.25, 0.3) is 0 Å². The third-order valence-corrected chi connectivity index (χ3v) is 3.38. The Kier molecular flexibility index (Phi) is 4.59. The molecular weight excluding hydrogens is 228 g/mol. The number of aromatic carboxylic acids is 1. The summed E-state index contributed by atoms with van der Waals surface area (Å²) < 4.78 is 0. The maximum Gasteiger partial charge on any atom is 0.337 e. The molecule has 1 rings (SSSR count). The molecule has 100 valence electrons. The first-order valence-electron chi connectivity index (χ1n) is 6.20. The fraction of sp³-hybridized carbons (Fsp3) is 0.500.